The molecule has 0 heterocycles. The van der Waals surface area contributed by atoms with Crippen molar-refractivity contribution in [2.24, 2.45) is 0 Å². The van der Waals surface area contributed by atoms with Crippen molar-refractivity contribution in [3.05, 3.63) is 12.2 Å². The predicted octanol–water partition coefficient (Wildman–Crippen LogP) is 20.0. The first-order valence-electron chi connectivity index (χ1n) is 31.9. The number of hydrogen-bond acceptors (Lipinski definition) is 5. The first kappa shape index (κ1) is 68.6. The summed E-state index contributed by atoms with van der Waals surface area (Å²) in [5.41, 5.74) is 0. The molecule has 6 heteroatoms. The molecule has 0 aromatic rings. The molecule has 0 fully saturated rings. The van der Waals surface area contributed by atoms with Gasteiger partial charge in [-0.05, 0) is 51.4 Å². The molecule has 2 atom stereocenters. The number of aliphatic hydroxyl groups is 2. The van der Waals surface area contributed by atoms with Crippen LogP contribution >= 0.6 is 0 Å². The maximum absolute atomic E-state index is 12.4. The van der Waals surface area contributed by atoms with Crippen LogP contribution in [0.5, 0.6) is 0 Å². The Bertz CT molecular complexity index is 1050. The van der Waals surface area contributed by atoms with E-state index in [1.165, 1.54) is 289 Å². The van der Waals surface area contributed by atoms with Crippen LogP contribution in [-0.2, 0) is 14.3 Å². The third-order valence-corrected chi connectivity index (χ3v) is 15.1. The molecule has 0 aliphatic heterocycles. The Morgan fingerprint density at radius 2 is 0.671 bits per heavy atom. The summed E-state index contributed by atoms with van der Waals surface area (Å²) in [7, 11) is 0. The summed E-state index contributed by atoms with van der Waals surface area (Å²) in [6.45, 7) is 4.96. The van der Waals surface area contributed by atoms with Crippen molar-refractivity contribution in [1.29, 1.82) is 0 Å². The summed E-state index contributed by atoms with van der Waals surface area (Å²) in [5.74, 6) is -0.0185. The molecule has 1 amide bonds. The smallest absolute Gasteiger partial charge is 0.305 e. The average Bonchev–Trinajstić information content (AvgIpc) is 3.36. The second kappa shape index (κ2) is 60.2. The lowest BCUT2D eigenvalue weighted by atomic mass is 10.0. The van der Waals surface area contributed by atoms with E-state index in [4.69, 9.17) is 4.74 Å². The van der Waals surface area contributed by atoms with Gasteiger partial charge in [0.25, 0.3) is 0 Å². The van der Waals surface area contributed by atoms with E-state index in [0.717, 1.165) is 38.5 Å². The quantitative estimate of drug-likeness (QED) is 0.0321. The molecule has 0 aromatic heterocycles. The second-order valence-electron chi connectivity index (χ2n) is 22.1. The van der Waals surface area contributed by atoms with Crippen LogP contribution < -0.4 is 5.32 Å². The van der Waals surface area contributed by atoms with Crippen LogP contribution in [-0.4, -0.2) is 47.4 Å². The van der Waals surface area contributed by atoms with Crippen molar-refractivity contribution in [1.82, 2.24) is 5.32 Å². The van der Waals surface area contributed by atoms with Gasteiger partial charge in [-0.1, -0.05) is 309 Å². The fourth-order valence-electron chi connectivity index (χ4n) is 10.2. The number of unbranched alkanes of at least 4 members (excludes halogenated alkanes) is 47. The van der Waals surface area contributed by atoms with Gasteiger partial charge in [0.2, 0.25) is 5.91 Å². The van der Waals surface area contributed by atoms with Crippen molar-refractivity contribution in [2.45, 2.75) is 373 Å². The van der Waals surface area contributed by atoms with Gasteiger partial charge < -0.3 is 20.3 Å². The Kier molecular flexibility index (Phi) is 59.0. The van der Waals surface area contributed by atoms with E-state index < -0.39 is 12.1 Å². The van der Waals surface area contributed by atoms with Crippen molar-refractivity contribution in [2.75, 3.05) is 13.2 Å². The van der Waals surface area contributed by atoms with Crippen LogP contribution in [0.15, 0.2) is 12.2 Å². The van der Waals surface area contributed by atoms with Gasteiger partial charge in [-0.2, -0.15) is 0 Å². The van der Waals surface area contributed by atoms with Crippen molar-refractivity contribution in [3.63, 3.8) is 0 Å². The molecule has 0 aliphatic rings. The number of hydrogen-bond donors (Lipinski definition) is 3. The minimum atomic E-state index is -0.662. The zero-order valence-corrected chi connectivity index (χ0v) is 47.5. The largest absolute Gasteiger partial charge is 0.466 e. The number of amides is 1. The van der Waals surface area contributed by atoms with E-state index in [2.05, 4.69) is 31.3 Å². The van der Waals surface area contributed by atoms with Gasteiger partial charge in [0.15, 0.2) is 0 Å². The van der Waals surface area contributed by atoms with Gasteiger partial charge in [0, 0.05) is 12.8 Å². The third-order valence-electron chi connectivity index (χ3n) is 15.1. The molecule has 0 aromatic carbocycles. The van der Waals surface area contributed by atoms with Gasteiger partial charge in [-0.3, -0.25) is 9.59 Å². The molecule has 0 aliphatic carbocycles. The summed E-state index contributed by atoms with van der Waals surface area (Å²) in [5, 5.41) is 23.1. The predicted molar refractivity (Wildman–Crippen MR) is 306 cm³/mol. The van der Waals surface area contributed by atoms with Crippen molar-refractivity contribution < 1.29 is 24.5 Å². The lowest BCUT2D eigenvalue weighted by Crippen LogP contribution is -2.45. The van der Waals surface area contributed by atoms with Crippen LogP contribution in [0.3, 0.4) is 0 Å². The Morgan fingerprint density at radius 3 is 1.01 bits per heavy atom. The second-order valence-corrected chi connectivity index (χ2v) is 22.1. The topological polar surface area (TPSA) is 95.9 Å². The fourth-order valence-corrected chi connectivity index (χ4v) is 10.2. The van der Waals surface area contributed by atoms with E-state index in [1.54, 1.807) is 0 Å². The summed E-state index contributed by atoms with van der Waals surface area (Å²) < 4.78 is 5.50. The highest BCUT2D eigenvalue weighted by Gasteiger charge is 2.20. The Hall–Kier alpha value is -1.40. The third kappa shape index (κ3) is 55.9. The molecule has 70 heavy (non-hydrogen) atoms. The van der Waals surface area contributed by atoms with E-state index in [9.17, 15) is 19.8 Å². The monoisotopic (exact) mass is 988 g/mol. The lowest BCUT2D eigenvalue weighted by Gasteiger charge is -2.22. The summed E-state index contributed by atoms with van der Waals surface area (Å²) in [4.78, 5) is 24.5. The van der Waals surface area contributed by atoms with Gasteiger partial charge in [0.1, 0.15) is 0 Å². The standard InChI is InChI=1S/C64H125NO5/c1-3-5-7-9-11-13-14-15-16-17-29-32-35-38-42-46-50-54-58-64(69)70-59-55-51-47-43-39-36-33-30-27-25-23-21-19-18-20-22-24-26-28-31-34-37-41-45-49-53-57-63(68)65-61(60-66)62(67)56-52-48-44-40-12-10-8-6-4-2/h18,20,61-62,66-67H,3-17,19,21-60H2,1-2H3,(H,65,68)/b20-18-. The van der Waals surface area contributed by atoms with E-state index in [1.807, 2.05) is 0 Å². The molecule has 416 valence electrons. The van der Waals surface area contributed by atoms with Gasteiger partial charge >= 0.3 is 5.97 Å². The van der Waals surface area contributed by atoms with Crippen molar-refractivity contribution >= 4 is 11.9 Å². The number of esters is 1. The maximum atomic E-state index is 12.4. The number of carbonyl (C=O) groups excluding carboxylic acids is 2. The molecule has 0 spiro atoms. The van der Waals surface area contributed by atoms with Crippen LogP contribution in [0.1, 0.15) is 361 Å². The molecule has 0 saturated heterocycles. The summed E-state index contributed by atoms with van der Waals surface area (Å²) in [6.07, 6.45) is 72.5. The molecule has 2 unspecified atom stereocenters. The zero-order chi connectivity index (χ0) is 50.7. The molecule has 6 nitrogen and oxygen atoms in total. The van der Waals surface area contributed by atoms with Gasteiger partial charge in [-0.15, -0.1) is 0 Å². The molecule has 0 bridgehead atoms. The molecule has 0 rings (SSSR count). The molecule has 3 N–H and O–H groups in total. The van der Waals surface area contributed by atoms with Crippen LogP contribution in [0, 0.1) is 0 Å². The average molecular weight is 989 g/mol. The van der Waals surface area contributed by atoms with Crippen LogP contribution in [0.25, 0.3) is 0 Å². The number of rotatable bonds is 60. The molecule has 0 radical (unpaired) electrons. The van der Waals surface area contributed by atoms with E-state index in [-0.39, 0.29) is 18.5 Å². The minimum Gasteiger partial charge on any atom is -0.466 e. The van der Waals surface area contributed by atoms with Gasteiger partial charge in [0.05, 0.1) is 25.4 Å². The Morgan fingerprint density at radius 1 is 0.386 bits per heavy atom. The number of aliphatic hydroxyl groups excluding tert-OH is 2. The first-order valence-corrected chi connectivity index (χ1v) is 31.9. The minimum absolute atomic E-state index is 0.0193. The number of nitrogens with one attached hydrogen (secondary N) is 1. The zero-order valence-electron chi connectivity index (χ0n) is 47.5. The summed E-state index contributed by atoms with van der Waals surface area (Å²) >= 11 is 0. The highest BCUT2D eigenvalue weighted by molar-refractivity contribution is 5.76. The first-order chi connectivity index (χ1) is 34.5. The van der Waals surface area contributed by atoms with E-state index >= 15 is 0 Å². The normalized spacial score (nSPS) is 12.6. The van der Waals surface area contributed by atoms with E-state index in [0.29, 0.717) is 25.9 Å². The highest BCUT2D eigenvalue weighted by Crippen LogP contribution is 2.18. The Labute approximate surface area is 438 Å². The van der Waals surface area contributed by atoms with Crippen LogP contribution in [0.2, 0.25) is 0 Å². The van der Waals surface area contributed by atoms with Crippen molar-refractivity contribution in [3.8, 4) is 0 Å². The SMILES string of the molecule is CCCCCCCCCCCCCCCCCCCCC(=O)OCCCCCCCCCCCCCC/C=C\CCCCCCCCCCCCC(=O)NC(CO)C(O)CCCCCCCCCCC. The highest BCUT2D eigenvalue weighted by atomic mass is 16.5. The number of allylic oxidation sites excluding steroid dienone is 2. The fraction of sp³-hybridized carbons (Fsp3) is 0.938. The molecular formula is C64H125NO5. The number of ether oxygens (including phenoxy) is 1. The Balaban J connectivity index is 3.33. The van der Waals surface area contributed by atoms with Crippen LogP contribution in [0.4, 0.5) is 0 Å². The summed E-state index contributed by atoms with van der Waals surface area (Å²) in [6, 6.07) is -0.540. The molecular weight excluding hydrogens is 863 g/mol. The van der Waals surface area contributed by atoms with Gasteiger partial charge in [-0.25, -0.2) is 0 Å². The lowest BCUT2D eigenvalue weighted by molar-refractivity contribution is -0.143. The number of carbonyl (C=O) groups is 2. The maximum Gasteiger partial charge on any atom is 0.305 e. The molecule has 0 saturated carbocycles.